The number of ether oxygens (including phenoxy) is 2. The van der Waals surface area contributed by atoms with E-state index in [1.165, 1.54) is 11.3 Å². The average molecular weight is 390 g/mol. The molecule has 8 heteroatoms. The number of nitrogens with zero attached hydrogens (tertiary/aromatic N) is 2. The molecule has 1 N–H and O–H groups in total. The number of aryl methyl sites for hydroxylation is 1. The Bertz CT molecular complexity index is 959. The van der Waals surface area contributed by atoms with Gasteiger partial charge in [0.15, 0.2) is 11.5 Å². The SMILES string of the molecule is COc1ccc(-c2nc(C(=O)Nc3ccnc(C)c3Cl)cs2)cc1OC. The second-order valence-electron chi connectivity index (χ2n) is 5.32. The molecule has 0 bridgehead atoms. The monoisotopic (exact) mass is 389 g/mol. The number of aromatic nitrogens is 2. The van der Waals surface area contributed by atoms with Gasteiger partial charge in [-0.1, -0.05) is 11.6 Å². The minimum atomic E-state index is -0.333. The maximum Gasteiger partial charge on any atom is 0.275 e. The zero-order chi connectivity index (χ0) is 18.7. The molecule has 0 unspecified atom stereocenters. The molecule has 26 heavy (non-hydrogen) atoms. The molecule has 0 saturated carbocycles. The molecule has 0 aliphatic heterocycles. The summed E-state index contributed by atoms with van der Waals surface area (Å²) in [6.45, 7) is 1.77. The van der Waals surface area contributed by atoms with Gasteiger partial charge in [-0.05, 0) is 31.2 Å². The number of thiazole rings is 1. The van der Waals surface area contributed by atoms with E-state index in [0.717, 1.165) is 5.56 Å². The van der Waals surface area contributed by atoms with Crippen molar-refractivity contribution in [2.45, 2.75) is 6.92 Å². The molecule has 0 spiro atoms. The van der Waals surface area contributed by atoms with Crippen LogP contribution in [0.4, 0.5) is 5.69 Å². The molecule has 0 radical (unpaired) electrons. The fourth-order valence-corrected chi connectivity index (χ4v) is 3.27. The molecule has 2 aromatic heterocycles. The Morgan fingerprint density at radius 1 is 1.19 bits per heavy atom. The smallest absolute Gasteiger partial charge is 0.275 e. The van der Waals surface area contributed by atoms with E-state index >= 15 is 0 Å². The minimum absolute atomic E-state index is 0.310. The maximum atomic E-state index is 12.5. The van der Waals surface area contributed by atoms with E-state index in [2.05, 4.69) is 15.3 Å². The van der Waals surface area contributed by atoms with Crippen LogP contribution in [0.25, 0.3) is 10.6 Å². The number of rotatable bonds is 5. The van der Waals surface area contributed by atoms with Crippen molar-refractivity contribution in [3.63, 3.8) is 0 Å². The van der Waals surface area contributed by atoms with E-state index in [-0.39, 0.29) is 5.91 Å². The number of benzene rings is 1. The summed E-state index contributed by atoms with van der Waals surface area (Å²) in [6.07, 6.45) is 1.59. The summed E-state index contributed by atoms with van der Waals surface area (Å²) >= 11 is 7.53. The summed E-state index contributed by atoms with van der Waals surface area (Å²) in [7, 11) is 3.15. The number of anilines is 1. The molecular formula is C18H16ClN3O3S. The molecule has 1 amide bonds. The molecule has 0 saturated heterocycles. The Morgan fingerprint density at radius 3 is 2.69 bits per heavy atom. The van der Waals surface area contributed by atoms with Crippen LogP contribution in [0.15, 0.2) is 35.8 Å². The van der Waals surface area contributed by atoms with Gasteiger partial charge in [0.1, 0.15) is 10.7 Å². The minimum Gasteiger partial charge on any atom is -0.493 e. The topological polar surface area (TPSA) is 73.3 Å². The van der Waals surface area contributed by atoms with Gasteiger partial charge in [0.2, 0.25) is 0 Å². The Kier molecular flexibility index (Phi) is 5.39. The molecule has 134 valence electrons. The number of hydrogen-bond acceptors (Lipinski definition) is 6. The zero-order valence-corrected chi connectivity index (χ0v) is 15.9. The van der Waals surface area contributed by atoms with Gasteiger partial charge in [0.25, 0.3) is 5.91 Å². The number of amides is 1. The van der Waals surface area contributed by atoms with E-state index in [1.54, 1.807) is 44.9 Å². The molecule has 1 aromatic carbocycles. The number of methoxy groups -OCH3 is 2. The van der Waals surface area contributed by atoms with Crippen LogP contribution in [0.3, 0.4) is 0 Å². The number of nitrogens with one attached hydrogen (secondary N) is 1. The second-order valence-corrected chi connectivity index (χ2v) is 6.56. The van der Waals surface area contributed by atoms with Crippen molar-refractivity contribution in [3.05, 3.63) is 52.3 Å². The van der Waals surface area contributed by atoms with Crippen molar-refractivity contribution in [3.8, 4) is 22.1 Å². The first-order chi connectivity index (χ1) is 12.5. The lowest BCUT2D eigenvalue weighted by atomic mass is 10.2. The highest BCUT2D eigenvalue weighted by atomic mass is 35.5. The molecule has 3 aromatic rings. The van der Waals surface area contributed by atoms with Crippen molar-refractivity contribution in [1.82, 2.24) is 9.97 Å². The Balaban J connectivity index is 1.83. The number of carbonyl (C=O) groups excluding carboxylic acids is 1. The van der Waals surface area contributed by atoms with Crippen LogP contribution in [0.5, 0.6) is 11.5 Å². The molecule has 0 aliphatic rings. The van der Waals surface area contributed by atoms with Crippen molar-refractivity contribution in [1.29, 1.82) is 0 Å². The summed E-state index contributed by atoms with van der Waals surface area (Å²) in [5, 5.41) is 5.57. The lowest BCUT2D eigenvalue weighted by molar-refractivity contribution is 0.102. The number of pyridine rings is 1. The standard InChI is InChI=1S/C18H16ClN3O3S/c1-10-16(19)12(6-7-20-10)21-17(23)13-9-26-18(22-13)11-4-5-14(24-2)15(8-11)25-3/h4-9H,1-3H3,(H,20,21,23). The fraction of sp³-hybridized carbons (Fsp3) is 0.167. The van der Waals surface area contributed by atoms with E-state index in [4.69, 9.17) is 21.1 Å². The molecule has 0 fully saturated rings. The average Bonchev–Trinajstić information content (AvgIpc) is 3.15. The summed E-state index contributed by atoms with van der Waals surface area (Å²) in [5.74, 6) is 0.902. The van der Waals surface area contributed by atoms with Crippen LogP contribution >= 0.6 is 22.9 Å². The molecule has 0 aliphatic carbocycles. The van der Waals surface area contributed by atoms with Gasteiger partial charge < -0.3 is 14.8 Å². The number of halogens is 1. The van der Waals surface area contributed by atoms with Crippen LogP contribution in [0, 0.1) is 6.92 Å². The van der Waals surface area contributed by atoms with Crippen LogP contribution in [-0.4, -0.2) is 30.1 Å². The van der Waals surface area contributed by atoms with Crippen molar-refractivity contribution < 1.29 is 14.3 Å². The van der Waals surface area contributed by atoms with E-state index < -0.39 is 0 Å². The molecule has 2 heterocycles. The summed E-state index contributed by atoms with van der Waals surface area (Å²) in [5.41, 5.74) is 2.30. The maximum absolute atomic E-state index is 12.5. The normalized spacial score (nSPS) is 10.5. The van der Waals surface area contributed by atoms with Gasteiger partial charge in [-0.2, -0.15) is 0 Å². The van der Waals surface area contributed by atoms with E-state index in [1.807, 2.05) is 12.1 Å². The third-order valence-electron chi connectivity index (χ3n) is 3.68. The predicted molar refractivity (Wildman–Crippen MR) is 103 cm³/mol. The second kappa shape index (κ2) is 7.72. The zero-order valence-electron chi connectivity index (χ0n) is 14.4. The predicted octanol–water partition coefficient (Wildman–Crippen LogP) is 4.44. The van der Waals surface area contributed by atoms with Crippen molar-refractivity contribution in [2.24, 2.45) is 0 Å². The van der Waals surface area contributed by atoms with Gasteiger partial charge >= 0.3 is 0 Å². The molecule has 6 nitrogen and oxygen atoms in total. The Labute approximate surface area is 159 Å². The van der Waals surface area contributed by atoms with Gasteiger partial charge in [-0.3, -0.25) is 9.78 Å². The van der Waals surface area contributed by atoms with Crippen molar-refractivity contribution in [2.75, 3.05) is 19.5 Å². The Hall–Kier alpha value is -2.64. The van der Waals surface area contributed by atoms with Gasteiger partial charge in [-0.15, -0.1) is 11.3 Å². The number of hydrogen-bond donors (Lipinski definition) is 1. The first kappa shape index (κ1) is 18.2. The van der Waals surface area contributed by atoms with Gasteiger partial charge in [-0.25, -0.2) is 4.98 Å². The highest BCUT2D eigenvalue weighted by Gasteiger charge is 2.15. The Morgan fingerprint density at radius 2 is 1.96 bits per heavy atom. The van der Waals surface area contributed by atoms with Crippen LogP contribution in [0.2, 0.25) is 5.02 Å². The largest absolute Gasteiger partial charge is 0.493 e. The molecule has 0 atom stereocenters. The summed E-state index contributed by atoms with van der Waals surface area (Å²) in [4.78, 5) is 20.9. The quantitative estimate of drug-likeness (QED) is 0.698. The highest BCUT2D eigenvalue weighted by molar-refractivity contribution is 7.13. The van der Waals surface area contributed by atoms with Gasteiger partial charge in [0, 0.05) is 17.1 Å². The van der Waals surface area contributed by atoms with Crippen LogP contribution in [0.1, 0.15) is 16.2 Å². The first-order valence-electron chi connectivity index (χ1n) is 7.64. The molecule has 3 rings (SSSR count). The summed E-state index contributed by atoms with van der Waals surface area (Å²) < 4.78 is 10.5. The fourth-order valence-electron chi connectivity index (χ4n) is 2.31. The third-order valence-corrected chi connectivity index (χ3v) is 5.05. The lowest BCUT2D eigenvalue weighted by Crippen LogP contribution is -2.13. The first-order valence-corrected chi connectivity index (χ1v) is 8.89. The lowest BCUT2D eigenvalue weighted by Gasteiger charge is -2.08. The number of carbonyl (C=O) groups is 1. The summed E-state index contributed by atoms with van der Waals surface area (Å²) in [6, 6.07) is 7.14. The van der Waals surface area contributed by atoms with Crippen molar-refractivity contribution >= 4 is 34.5 Å². The highest BCUT2D eigenvalue weighted by Crippen LogP contribution is 2.33. The van der Waals surface area contributed by atoms with Crippen LogP contribution < -0.4 is 14.8 Å². The van der Waals surface area contributed by atoms with Gasteiger partial charge in [0.05, 0.1) is 30.6 Å². The van der Waals surface area contributed by atoms with Crippen LogP contribution in [-0.2, 0) is 0 Å². The van der Waals surface area contributed by atoms with E-state index in [0.29, 0.717) is 38.6 Å². The molecular weight excluding hydrogens is 374 g/mol. The van der Waals surface area contributed by atoms with E-state index in [9.17, 15) is 4.79 Å². The third kappa shape index (κ3) is 3.63.